The lowest BCUT2D eigenvalue weighted by Gasteiger charge is -2.08. The zero-order valence-electron chi connectivity index (χ0n) is 16.4. The molecule has 0 spiro atoms. The molecule has 0 saturated carbocycles. The Morgan fingerprint density at radius 2 is 1.76 bits per heavy atom. The van der Waals surface area contributed by atoms with Crippen LogP contribution in [0.4, 0.5) is 0 Å². The van der Waals surface area contributed by atoms with Crippen molar-refractivity contribution in [2.45, 2.75) is 43.0 Å². The number of nitrogens with zero attached hydrogens (tertiary/aromatic N) is 2. The van der Waals surface area contributed by atoms with Crippen LogP contribution in [-0.2, 0) is 27.6 Å². The smallest absolute Gasteiger partial charge is 0.307 e. The van der Waals surface area contributed by atoms with Gasteiger partial charge in [0.05, 0.1) is 22.4 Å². The van der Waals surface area contributed by atoms with Crippen LogP contribution in [0.25, 0.3) is 11.1 Å². The minimum Gasteiger partial charge on any atom is -0.481 e. The molecule has 0 aliphatic rings. The third-order valence-electron chi connectivity index (χ3n) is 4.61. The van der Waals surface area contributed by atoms with Crippen LogP contribution in [0.15, 0.2) is 70.7 Å². The van der Waals surface area contributed by atoms with Crippen LogP contribution in [0.3, 0.4) is 0 Å². The standard InChI is InChI=1S/C22H24N2O4S/c1-16(2)9-10-24-15-19(14-23-24)18-6-4-8-21(13-18)29(27,28)20-7-3-5-17(11-20)12-22(25)26/h3-8,11,13-16H,9-10,12H2,1-2H3,(H,25,26). The molecule has 0 amide bonds. The number of carboxylic acids is 1. The van der Waals surface area contributed by atoms with E-state index < -0.39 is 15.8 Å². The SMILES string of the molecule is CC(C)CCn1cc(-c2cccc(S(=O)(=O)c3cccc(CC(=O)O)c3)c2)cn1. The summed E-state index contributed by atoms with van der Waals surface area (Å²) in [6.45, 7) is 5.13. The zero-order valence-corrected chi connectivity index (χ0v) is 17.3. The maximum Gasteiger partial charge on any atom is 0.307 e. The highest BCUT2D eigenvalue weighted by molar-refractivity contribution is 7.91. The summed E-state index contributed by atoms with van der Waals surface area (Å²) < 4.78 is 28.0. The summed E-state index contributed by atoms with van der Waals surface area (Å²) in [5.41, 5.74) is 2.06. The van der Waals surface area contributed by atoms with Gasteiger partial charge < -0.3 is 5.11 Å². The molecule has 0 unspecified atom stereocenters. The van der Waals surface area contributed by atoms with Gasteiger partial charge in [0.25, 0.3) is 0 Å². The average molecular weight is 413 g/mol. The first kappa shape index (κ1) is 20.8. The Labute approximate surface area is 170 Å². The van der Waals surface area contributed by atoms with Gasteiger partial charge in [-0.3, -0.25) is 9.48 Å². The summed E-state index contributed by atoms with van der Waals surface area (Å²) in [6.07, 6.45) is 4.45. The van der Waals surface area contributed by atoms with Gasteiger partial charge in [-0.2, -0.15) is 5.10 Å². The van der Waals surface area contributed by atoms with Crippen molar-refractivity contribution in [2.75, 3.05) is 0 Å². The van der Waals surface area contributed by atoms with E-state index in [1.54, 1.807) is 36.5 Å². The van der Waals surface area contributed by atoms with Gasteiger partial charge in [0.15, 0.2) is 0 Å². The average Bonchev–Trinajstić information content (AvgIpc) is 3.15. The van der Waals surface area contributed by atoms with Gasteiger partial charge in [0.1, 0.15) is 0 Å². The molecule has 0 aliphatic heterocycles. The second kappa shape index (κ2) is 8.61. The van der Waals surface area contributed by atoms with Gasteiger partial charge in [0, 0.05) is 18.3 Å². The van der Waals surface area contributed by atoms with E-state index in [1.165, 1.54) is 12.1 Å². The van der Waals surface area contributed by atoms with Crippen molar-refractivity contribution in [3.8, 4) is 11.1 Å². The van der Waals surface area contributed by atoms with E-state index in [-0.39, 0.29) is 16.2 Å². The number of hydrogen-bond acceptors (Lipinski definition) is 4. The second-order valence-electron chi connectivity index (χ2n) is 7.42. The topological polar surface area (TPSA) is 89.3 Å². The van der Waals surface area contributed by atoms with E-state index in [2.05, 4.69) is 18.9 Å². The summed E-state index contributed by atoms with van der Waals surface area (Å²) in [7, 11) is -3.76. The molecule has 29 heavy (non-hydrogen) atoms. The summed E-state index contributed by atoms with van der Waals surface area (Å²) in [5.74, 6) is -0.427. The first-order valence-electron chi connectivity index (χ1n) is 9.44. The number of benzene rings is 2. The maximum atomic E-state index is 13.1. The van der Waals surface area contributed by atoms with Gasteiger partial charge in [-0.1, -0.05) is 38.1 Å². The fraction of sp³-hybridized carbons (Fsp3) is 0.273. The fourth-order valence-corrected chi connectivity index (χ4v) is 4.38. The highest BCUT2D eigenvalue weighted by Gasteiger charge is 2.19. The Morgan fingerprint density at radius 1 is 1.07 bits per heavy atom. The van der Waals surface area contributed by atoms with Crippen LogP contribution >= 0.6 is 0 Å². The Kier molecular flexibility index (Phi) is 6.17. The molecule has 1 heterocycles. The third-order valence-corrected chi connectivity index (χ3v) is 6.36. The van der Waals surface area contributed by atoms with Gasteiger partial charge in [0.2, 0.25) is 9.84 Å². The van der Waals surface area contributed by atoms with Crippen LogP contribution in [-0.4, -0.2) is 29.3 Å². The van der Waals surface area contributed by atoms with Crippen molar-refractivity contribution >= 4 is 15.8 Å². The van der Waals surface area contributed by atoms with E-state index in [4.69, 9.17) is 5.11 Å². The van der Waals surface area contributed by atoms with Gasteiger partial charge in [-0.25, -0.2) is 8.42 Å². The van der Waals surface area contributed by atoms with Crippen LogP contribution in [0.5, 0.6) is 0 Å². The number of sulfone groups is 1. The molecule has 1 N–H and O–H groups in total. The molecule has 2 aromatic carbocycles. The Balaban J connectivity index is 1.90. The van der Waals surface area contributed by atoms with Crippen molar-refractivity contribution < 1.29 is 18.3 Å². The number of aliphatic carboxylic acids is 1. The lowest BCUT2D eigenvalue weighted by molar-refractivity contribution is -0.136. The quantitative estimate of drug-likeness (QED) is 0.603. The minimum absolute atomic E-state index is 0.0843. The van der Waals surface area contributed by atoms with Crippen molar-refractivity contribution in [3.63, 3.8) is 0 Å². The predicted octanol–water partition coefficient (Wildman–Crippen LogP) is 4.06. The predicted molar refractivity (Wildman–Crippen MR) is 110 cm³/mol. The molecule has 6 nitrogen and oxygen atoms in total. The van der Waals surface area contributed by atoms with E-state index in [9.17, 15) is 13.2 Å². The largest absolute Gasteiger partial charge is 0.481 e. The van der Waals surface area contributed by atoms with E-state index in [1.807, 2.05) is 16.9 Å². The summed E-state index contributed by atoms with van der Waals surface area (Å²) in [4.78, 5) is 11.2. The number of rotatable bonds is 8. The molecule has 152 valence electrons. The summed E-state index contributed by atoms with van der Waals surface area (Å²) in [6, 6.07) is 12.8. The van der Waals surface area contributed by atoms with Gasteiger partial charge in [-0.05, 0) is 47.7 Å². The Morgan fingerprint density at radius 3 is 2.45 bits per heavy atom. The molecule has 0 radical (unpaired) electrons. The molecule has 0 saturated heterocycles. The molecule has 3 rings (SSSR count). The number of hydrogen-bond donors (Lipinski definition) is 1. The van der Waals surface area contributed by atoms with Crippen molar-refractivity contribution in [2.24, 2.45) is 5.92 Å². The number of carbonyl (C=O) groups is 1. The fourth-order valence-electron chi connectivity index (χ4n) is 3.00. The number of aryl methyl sites for hydroxylation is 1. The lowest BCUT2D eigenvalue weighted by Crippen LogP contribution is -2.05. The molecule has 0 aliphatic carbocycles. The maximum absolute atomic E-state index is 13.1. The number of aromatic nitrogens is 2. The summed E-state index contributed by atoms with van der Waals surface area (Å²) >= 11 is 0. The molecular formula is C22H24N2O4S. The van der Waals surface area contributed by atoms with E-state index in [0.29, 0.717) is 11.5 Å². The molecule has 0 atom stereocenters. The second-order valence-corrected chi connectivity index (χ2v) is 9.37. The Bertz CT molecular complexity index is 1120. The number of carboxylic acid groups (broad SMARTS) is 1. The molecule has 1 aromatic heterocycles. The Hall–Kier alpha value is -2.93. The van der Waals surface area contributed by atoms with Crippen LogP contribution in [0, 0.1) is 5.92 Å². The highest BCUT2D eigenvalue weighted by Crippen LogP contribution is 2.27. The first-order valence-corrected chi connectivity index (χ1v) is 10.9. The van der Waals surface area contributed by atoms with Crippen molar-refractivity contribution in [3.05, 3.63) is 66.5 Å². The van der Waals surface area contributed by atoms with E-state index >= 15 is 0 Å². The van der Waals surface area contributed by atoms with Gasteiger partial charge in [-0.15, -0.1) is 0 Å². The lowest BCUT2D eigenvalue weighted by atomic mass is 10.1. The molecule has 0 fully saturated rings. The molecular weight excluding hydrogens is 388 g/mol. The minimum atomic E-state index is -3.76. The molecule has 7 heteroatoms. The van der Waals surface area contributed by atoms with Crippen molar-refractivity contribution in [1.29, 1.82) is 0 Å². The molecule has 3 aromatic rings. The summed E-state index contributed by atoms with van der Waals surface area (Å²) in [5, 5.41) is 13.3. The van der Waals surface area contributed by atoms with Crippen molar-refractivity contribution in [1.82, 2.24) is 9.78 Å². The zero-order chi connectivity index (χ0) is 21.0. The van der Waals surface area contributed by atoms with E-state index in [0.717, 1.165) is 24.1 Å². The van der Waals surface area contributed by atoms with Crippen LogP contribution in [0.2, 0.25) is 0 Å². The monoisotopic (exact) mass is 412 g/mol. The van der Waals surface area contributed by atoms with Gasteiger partial charge >= 0.3 is 5.97 Å². The highest BCUT2D eigenvalue weighted by atomic mass is 32.2. The first-order chi connectivity index (χ1) is 13.8. The normalized spacial score (nSPS) is 11.7. The molecule has 0 bridgehead atoms. The third kappa shape index (κ3) is 5.12. The van der Waals surface area contributed by atoms with Crippen LogP contribution < -0.4 is 0 Å². The van der Waals surface area contributed by atoms with Crippen LogP contribution in [0.1, 0.15) is 25.8 Å².